The van der Waals surface area contributed by atoms with Gasteiger partial charge in [-0.05, 0) is 75.1 Å². The summed E-state index contributed by atoms with van der Waals surface area (Å²) in [6.45, 7) is 5.53. The number of benzene rings is 2. The van der Waals surface area contributed by atoms with Crippen LogP contribution in [0.4, 0.5) is 0 Å². The zero-order valence-electron chi connectivity index (χ0n) is 26.0. The predicted octanol–water partition coefficient (Wildman–Crippen LogP) is 6.47. The van der Waals surface area contributed by atoms with Crippen molar-refractivity contribution >= 4 is 62.3 Å². The Morgan fingerprint density at radius 1 is 1.02 bits per heavy atom. The zero-order valence-corrected chi connectivity index (χ0v) is 29.2. The Morgan fingerprint density at radius 2 is 1.74 bits per heavy atom. The Bertz CT molecular complexity index is 1750. The van der Waals surface area contributed by atoms with Gasteiger partial charge < -0.3 is 15.0 Å². The molecule has 0 bridgehead atoms. The van der Waals surface area contributed by atoms with Crippen LogP contribution in [0.3, 0.4) is 0 Å². The second-order valence-electron chi connectivity index (χ2n) is 12.7. The first-order valence-corrected chi connectivity index (χ1v) is 18.5. The van der Waals surface area contributed by atoms with E-state index in [1.165, 1.54) is 11.3 Å². The van der Waals surface area contributed by atoms with Crippen LogP contribution in [0.15, 0.2) is 54.6 Å². The lowest BCUT2D eigenvalue weighted by molar-refractivity contribution is -0.124. The van der Waals surface area contributed by atoms with Crippen LogP contribution >= 0.6 is 34.5 Å². The van der Waals surface area contributed by atoms with Crippen molar-refractivity contribution in [2.75, 3.05) is 6.26 Å². The molecule has 1 saturated carbocycles. The number of halogens is 2. The van der Waals surface area contributed by atoms with Gasteiger partial charge in [0.15, 0.2) is 0 Å². The lowest BCUT2D eigenvalue weighted by Gasteiger charge is -2.49. The molecule has 2 heterocycles. The standard InChI is InChI=1S/C33H37Cl2N3O6S2/c1-33(2,3)44-32(41)27-16-14-20(45-27)18-36-30(39)28-21-9-5-6-10-22(21)31(40)38(29(28)23-15-13-19(34)17-24(23)35)26-12-8-7-11-25(26)37-46(4,42)43/h5-6,9-10,13-17,25-26,28-29,37H,7-8,11-12,18H2,1-4H3,(H,36,39)/t25-,26-,28+,29-/m0/s1. The number of sulfonamides is 1. The highest BCUT2D eigenvalue weighted by molar-refractivity contribution is 7.88. The molecule has 0 spiro atoms. The number of ether oxygens (including phenoxy) is 1. The first-order chi connectivity index (χ1) is 21.6. The minimum Gasteiger partial charge on any atom is -0.456 e. The maximum atomic E-state index is 14.4. The summed E-state index contributed by atoms with van der Waals surface area (Å²) >= 11 is 14.3. The second-order valence-corrected chi connectivity index (χ2v) is 16.5. The van der Waals surface area contributed by atoms with Crippen LogP contribution in [0.25, 0.3) is 0 Å². The number of amides is 2. The van der Waals surface area contributed by atoms with Crippen LogP contribution in [0.5, 0.6) is 0 Å². The highest BCUT2D eigenvalue weighted by Gasteiger charge is 2.49. The normalized spacial score (nSPS) is 21.9. The van der Waals surface area contributed by atoms with Gasteiger partial charge in [-0.15, -0.1) is 11.3 Å². The van der Waals surface area contributed by atoms with Crippen LogP contribution in [0.2, 0.25) is 10.0 Å². The average Bonchev–Trinajstić information content (AvgIpc) is 3.44. The smallest absolute Gasteiger partial charge is 0.348 e. The zero-order chi connectivity index (χ0) is 33.4. The molecule has 13 heteroatoms. The van der Waals surface area contributed by atoms with Crippen molar-refractivity contribution < 1.29 is 27.5 Å². The van der Waals surface area contributed by atoms with Crippen LogP contribution < -0.4 is 10.0 Å². The van der Waals surface area contributed by atoms with Crippen molar-refractivity contribution in [3.8, 4) is 0 Å². The Labute approximate surface area is 283 Å². The van der Waals surface area contributed by atoms with E-state index < -0.39 is 45.6 Å². The molecular weight excluding hydrogens is 669 g/mol. The Morgan fingerprint density at radius 3 is 2.43 bits per heavy atom. The van der Waals surface area contributed by atoms with Crippen molar-refractivity contribution in [3.63, 3.8) is 0 Å². The van der Waals surface area contributed by atoms with Gasteiger partial charge in [0.2, 0.25) is 15.9 Å². The van der Waals surface area contributed by atoms with Crippen molar-refractivity contribution in [1.29, 1.82) is 0 Å². The number of carbonyl (C=O) groups is 3. The summed E-state index contributed by atoms with van der Waals surface area (Å²) in [4.78, 5) is 44.2. The Hall–Kier alpha value is -2.96. The molecule has 2 aromatic carbocycles. The molecule has 2 amide bonds. The van der Waals surface area contributed by atoms with Gasteiger partial charge in [-0.1, -0.05) is 60.3 Å². The highest BCUT2D eigenvalue weighted by atomic mass is 35.5. The van der Waals surface area contributed by atoms with Crippen LogP contribution in [0.1, 0.15) is 94.4 Å². The van der Waals surface area contributed by atoms with E-state index in [1.54, 1.807) is 80.3 Å². The monoisotopic (exact) mass is 705 g/mol. The Kier molecular flexibility index (Phi) is 10.2. The van der Waals surface area contributed by atoms with E-state index in [0.29, 0.717) is 39.4 Å². The molecular formula is C33H37Cl2N3O6S2. The summed E-state index contributed by atoms with van der Waals surface area (Å²) in [7, 11) is -3.60. The van der Waals surface area contributed by atoms with Gasteiger partial charge in [0.05, 0.1) is 24.8 Å². The molecule has 2 aliphatic rings. The minimum atomic E-state index is -3.60. The minimum absolute atomic E-state index is 0.141. The molecule has 1 fully saturated rings. The third-order valence-electron chi connectivity index (χ3n) is 8.09. The number of hydrogen-bond acceptors (Lipinski definition) is 7. The number of esters is 1. The number of fused-ring (bicyclic) bond motifs is 1. The van der Waals surface area contributed by atoms with Gasteiger partial charge in [-0.2, -0.15) is 0 Å². The highest BCUT2D eigenvalue weighted by Crippen LogP contribution is 2.48. The summed E-state index contributed by atoms with van der Waals surface area (Å²) in [5, 5.41) is 3.72. The first kappa shape index (κ1) is 34.4. The SMILES string of the molecule is CC(C)(C)OC(=O)c1ccc(CNC(=O)[C@@H]2c3ccccc3C(=O)N([C@H]3CCCC[C@@H]3NS(C)(=O)=O)[C@H]2c2ccc(Cl)cc2Cl)s1. The number of rotatable bonds is 8. The summed E-state index contributed by atoms with van der Waals surface area (Å²) in [5.41, 5.74) is 0.803. The van der Waals surface area contributed by atoms with E-state index in [2.05, 4.69) is 10.0 Å². The average molecular weight is 707 g/mol. The summed E-state index contributed by atoms with van der Waals surface area (Å²) in [5.74, 6) is -1.98. The molecule has 1 aliphatic heterocycles. The Balaban J connectivity index is 1.55. The fourth-order valence-corrected chi connectivity index (χ4v) is 8.49. The van der Waals surface area contributed by atoms with E-state index in [1.807, 2.05) is 0 Å². The summed E-state index contributed by atoms with van der Waals surface area (Å²) < 4.78 is 33.1. The largest absolute Gasteiger partial charge is 0.456 e. The number of nitrogens with zero attached hydrogens (tertiary/aromatic N) is 1. The molecule has 9 nitrogen and oxygen atoms in total. The van der Waals surface area contributed by atoms with Gasteiger partial charge in [0.1, 0.15) is 10.5 Å². The van der Waals surface area contributed by atoms with Gasteiger partial charge in [0, 0.05) is 32.6 Å². The fourth-order valence-electron chi connectivity index (χ4n) is 6.32. The first-order valence-electron chi connectivity index (χ1n) is 15.1. The van der Waals surface area contributed by atoms with Crippen LogP contribution in [-0.2, 0) is 26.1 Å². The molecule has 2 N–H and O–H groups in total. The summed E-state index contributed by atoms with van der Waals surface area (Å²) in [6.07, 6.45) is 3.77. The fraction of sp³-hybridized carbons (Fsp3) is 0.424. The lowest BCUT2D eigenvalue weighted by atomic mass is 9.76. The number of carbonyl (C=O) groups excluding carboxylic acids is 3. The second kappa shape index (κ2) is 13.6. The topological polar surface area (TPSA) is 122 Å². The van der Waals surface area contributed by atoms with E-state index in [-0.39, 0.29) is 23.4 Å². The van der Waals surface area contributed by atoms with E-state index in [4.69, 9.17) is 27.9 Å². The van der Waals surface area contributed by atoms with Crippen molar-refractivity contribution in [1.82, 2.24) is 14.9 Å². The number of nitrogens with one attached hydrogen (secondary N) is 2. The van der Waals surface area contributed by atoms with Crippen molar-refractivity contribution in [2.24, 2.45) is 0 Å². The van der Waals surface area contributed by atoms with E-state index >= 15 is 0 Å². The molecule has 1 aromatic heterocycles. The van der Waals surface area contributed by atoms with Crippen molar-refractivity contribution in [3.05, 3.63) is 91.1 Å². The van der Waals surface area contributed by atoms with Gasteiger partial charge in [0.25, 0.3) is 5.91 Å². The van der Waals surface area contributed by atoms with E-state index in [0.717, 1.165) is 24.0 Å². The maximum absolute atomic E-state index is 14.4. The molecule has 246 valence electrons. The van der Waals surface area contributed by atoms with Gasteiger partial charge in [-0.25, -0.2) is 17.9 Å². The third kappa shape index (κ3) is 7.77. The van der Waals surface area contributed by atoms with Crippen molar-refractivity contribution in [2.45, 2.75) is 82.6 Å². The summed E-state index contributed by atoms with van der Waals surface area (Å²) in [6, 6.07) is 13.4. The predicted molar refractivity (Wildman–Crippen MR) is 180 cm³/mol. The van der Waals surface area contributed by atoms with Crippen LogP contribution in [0, 0.1) is 0 Å². The van der Waals surface area contributed by atoms with Crippen LogP contribution in [-0.4, -0.2) is 55.0 Å². The molecule has 46 heavy (non-hydrogen) atoms. The maximum Gasteiger partial charge on any atom is 0.348 e. The quantitative estimate of drug-likeness (QED) is 0.259. The molecule has 0 saturated heterocycles. The van der Waals surface area contributed by atoms with Gasteiger partial charge in [-0.3, -0.25) is 9.59 Å². The molecule has 0 unspecified atom stereocenters. The number of thiophene rings is 1. The lowest BCUT2D eigenvalue weighted by Crippen LogP contribution is -2.59. The molecule has 5 rings (SSSR count). The molecule has 4 atom stereocenters. The molecule has 1 aliphatic carbocycles. The van der Waals surface area contributed by atoms with Gasteiger partial charge >= 0.3 is 5.97 Å². The molecule has 3 aromatic rings. The third-order valence-corrected chi connectivity index (χ3v) is 10.4. The van der Waals surface area contributed by atoms with E-state index in [9.17, 15) is 22.8 Å². The number of hydrogen-bond donors (Lipinski definition) is 2. The molecule has 0 radical (unpaired) electrons.